The number of quaternary nitrogens is 1. The Kier molecular flexibility index (Phi) is 2.39. The minimum atomic E-state index is -0.885. The summed E-state index contributed by atoms with van der Waals surface area (Å²) in [5, 5.41) is 11.7. The molecule has 2 aliphatic rings. The summed E-state index contributed by atoms with van der Waals surface area (Å²) in [6, 6.07) is 16.8. The third-order valence-corrected chi connectivity index (χ3v) is 5.32. The molecule has 0 atom stereocenters. The normalized spacial score (nSPS) is 31.1. The maximum absolute atomic E-state index is 11.7. The zero-order chi connectivity index (χ0) is 13.8. The second-order valence-electron chi connectivity index (χ2n) is 6.33. The zero-order valence-corrected chi connectivity index (χ0v) is 11.8. The maximum Gasteiger partial charge on any atom is 0.255 e. The van der Waals surface area contributed by atoms with Crippen molar-refractivity contribution >= 4 is 0 Å². The maximum atomic E-state index is 11.7. The molecular weight excluding hydrogens is 246 g/mol. The largest absolute Gasteiger partial charge is 0.335 e. The van der Waals surface area contributed by atoms with Gasteiger partial charge in [-0.15, -0.1) is 0 Å². The third-order valence-electron chi connectivity index (χ3n) is 5.32. The molecule has 2 aromatic carbocycles. The second kappa shape index (κ2) is 3.94. The van der Waals surface area contributed by atoms with Crippen molar-refractivity contribution in [1.29, 1.82) is 0 Å². The molecule has 0 radical (unpaired) electrons. The lowest BCUT2D eigenvalue weighted by atomic mass is 9.77. The van der Waals surface area contributed by atoms with Gasteiger partial charge in [0.25, 0.3) is 5.72 Å². The molecule has 2 aromatic rings. The summed E-state index contributed by atoms with van der Waals surface area (Å²) in [5.74, 6) is 0. The summed E-state index contributed by atoms with van der Waals surface area (Å²) in [6.45, 7) is 2.00. The molecule has 20 heavy (non-hydrogen) atoms. The number of fused-ring (bicyclic) bond motifs is 5. The van der Waals surface area contributed by atoms with Crippen LogP contribution in [0.15, 0.2) is 48.5 Å². The Bertz CT molecular complexity index is 625. The molecule has 2 heterocycles. The highest BCUT2D eigenvalue weighted by atomic mass is 16.3. The first-order valence-corrected chi connectivity index (χ1v) is 7.39. The number of hydrogen-bond acceptors (Lipinski definition) is 1. The SMILES string of the molecule is C[N+]12CCc3ccccc3C1(O)c1ccccc1CC2. The minimum absolute atomic E-state index is 0.709. The van der Waals surface area contributed by atoms with Gasteiger partial charge in [0.2, 0.25) is 0 Å². The van der Waals surface area contributed by atoms with Crippen LogP contribution in [0.1, 0.15) is 22.3 Å². The number of hydrogen-bond donors (Lipinski definition) is 1. The fourth-order valence-electron chi connectivity index (χ4n) is 4.05. The molecule has 1 N–H and O–H groups in total. The summed E-state index contributed by atoms with van der Waals surface area (Å²) in [6.07, 6.45) is 2.11. The van der Waals surface area contributed by atoms with E-state index in [-0.39, 0.29) is 0 Å². The van der Waals surface area contributed by atoms with E-state index in [4.69, 9.17) is 0 Å². The van der Waals surface area contributed by atoms with Crippen LogP contribution >= 0.6 is 0 Å². The van der Waals surface area contributed by atoms with E-state index in [1.54, 1.807) is 0 Å². The number of rotatable bonds is 0. The smallest absolute Gasteiger partial charge is 0.255 e. The van der Waals surface area contributed by atoms with E-state index in [2.05, 4.69) is 43.4 Å². The molecule has 0 bridgehead atoms. The fraction of sp³-hybridized carbons (Fsp3) is 0.333. The lowest BCUT2D eigenvalue weighted by molar-refractivity contribution is -0.989. The van der Waals surface area contributed by atoms with Crippen LogP contribution in [0.2, 0.25) is 0 Å². The lowest BCUT2D eigenvalue weighted by Gasteiger charge is -2.54. The summed E-state index contributed by atoms with van der Waals surface area (Å²) in [5.41, 5.74) is 3.90. The van der Waals surface area contributed by atoms with Crippen molar-refractivity contribution in [3.8, 4) is 0 Å². The topological polar surface area (TPSA) is 20.2 Å². The van der Waals surface area contributed by atoms with Crippen molar-refractivity contribution in [1.82, 2.24) is 0 Å². The molecule has 0 saturated carbocycles. The molecule has 0 saturated heterocycles. The minimum Gasteiger partial charge on any atom is -0.335 e. The quantitative estimate of drug-likeness (QED) is 0.726. The molecule has 0 fully saturated rings. The van der Waals surface area contributed by atoms with Crippen molar-refractivity contribution in [3.63, 3.8) is 0 Å². The Morgan fingerprint density at radius 2 is 1.30 bits per heavy atom. The molecule has 0 aromatic heterocycles. The van der Waals surface area contributed by atoms with E-state index < -0.39 is 5.72 Å². The Morgan fingerprint density at radius 3 is 1.80 bits per heavy atom. The van der Waals surface area contributed by atoms with Gasteiger partial charge < -0.3 is 5.11 Å². The predicted octanol–water partition coefficient (Wildman–Crippen LogP) is 2.44. The molecule has 2 nitrogen and oxygen atoms in total. The van der Waals surface area contributed by atoms with Crippen LogP contribution in [0.3, 0.4) is 0 Å². The van der Waals surface area contributed by atoms with Crippen LogP contribution in [0.5, 0.6) is 0 Å². The Hall–Kier alpha value is -1.64. The Labute approximate surface area is 119 Å². The monoisotopic (exact) mass is 266 g/mol. The number of aliphatic hydroxyl groups is 1. The van der Waals surface area contributed by atoms with Crippen molar-refractivity contribution < 1.29 is 9.59 Å². The average Bonchev–Trinajstić information content (AvgIpc) is 2.49. The van der Waals surface area contributed by atoms with E-state index in [0.29, 0.717) is 4.48 Å². The van der Waals surface area contributed by atoms with Gasteiger partial charge in [0.1, 0.15) is 0 Å². The first-order valence-electron chi connectivity index (χ1n) is 7.39. The van der Waals surface area contributed by atoms with Gasteiger partial charge in [0.15, 0.2) is 0 Å². The number of nitrogens with zero attached hydrogens (tertiary/aromatic N) is 1. The molecule has 0 spiro atoms. The fourth-order valence-corrected chi connectivity index (χ4v) is 4.05. The lowest BCUT2D eigenvalue weighted by Crippen LogP contribution is -2.66. The highest BCUT2D eigenvalue weighted by molar-refractivity contribution is 5.44. The molecular formula is C18H20NO+. The van der Waals surface area contributed by atoms with Gasteiger partial charge >= 0.3 is 0 Å². The summed E-state index contributed by atoms with van der Waals surface area (Å²) >= 11 is 0. The molecule has 0 amide bonds. The van der Waals surface area contributed by atoms with Crippen LogP contribution in [-0.4, -0.2) is 29.7 Å². The van der Waals surface area contributed by atoms with Crippen LogP contribution < -0.4 is 0 Å². The van der Waals surface area contributed by atoms with E-state index in [0.717, 1.165) is 37.1 Å². The highest BCUT2D eigenvalue weighted by Crippen LogP contribution is 2.47. The van der Waals surface area contributed by atoms with Gasteiger partial charge in [-0.1, -0.05) is 36.4 Å². The zero-order valence-electron chi connectivity index (χ0n) is 11.8. The second-order valence-corrected chi connectivity index (χ2v) is 6.33. The summed E-state index contributed by atoms with van der Waals surface area (Å²) in [7, 11) is 2.20. The van der Waals surface area contributed by atoms with E-state index in [1.165, 1.54) is 11.1 Å². The van der Waals surface area contributed by atoms with Gasteiger partial charge in [0.05, 0.1) is 20.1 Å². The molecule has 2 aliphatic heterocycles. The van der Waals surface area contributed by atoms with E-state index in [9.17, 15) is 5.11 Å². The molecule has 4 rings (SSSR count). The van der Waals surface area contributed by atoms with Crippen LogP contribution in [0.25, 0.3) is 0 Å². The molecule has 0 aliphatic carbocycles. The molecule has 2 heteroatoms. The highest BCUT2D eigenvalue weighted by Gasteiger charge is 2.56. The van der Waals surface area contributed by atoms with Crippen molar-refractivity contribution in [2.45, 2.75) is 18.6 Å². The summed E-state index contributed by atoms with van der Waals surface area (Å²) in [4.78, 5) is 0. The van der Waals surface area contributed by atoms with Crippen molar-refractivity contribution in [2.75, 3.05) is 20.1 Å². The number of likely N-dealkylation sites (N-methyl/N-ethyl adjacent to an activating group) is 1. The summed E-state index contributed by atoms with van der Waals surface area (Å²) < 4.78 is 0.709. The van der Waals surface area contributed by atoms with Gasteiger partial charge in [-0.25, -0.2) is 0 Å². The first kappa shape index (κ1) is 12.1. The van der Waals surface area contributed by atoms with Gasteiger partial charge in [-0.2, -0.15) is 0 Å². The van der Waals surface area contributed by atoms with E-state index in [1.807, 2.05) is 12.1 Å². The standard InChI is InChI=1S/C18H20NO/c1-19-12-10-14-6-2-4-8-16(14)18(19,20)17-9-5-3-7-15(17)11-13-19/h2-9,20H,10-13H2,1H3/q+1. The predicted molar refractivity (Wildman–Crippen MR) is 79.2 cm³/mol. The molecule has 102 valence electrons. The van der Waals surface area contributed by atoms with Crippen molar-refractivity contribution in [2.24, 2.45) is 0 Å². The Balaban J connectivity index is 2.05. The van der Waals surface area contributed by atoms with Crippen LogP contribution in [0.4, 0.5) is 0 Å². The number of benzene rings is 2. The first-order chi connectivity index (χ1) is 9.65. The van der Waals surface area contributed by atoms with Crippen LogP contribution in [-0.2, 0) is 18.6 Å². The molecule has 0 unspecified atom stereocenters. The third kappa shape index (κ3) is 1.36. The van der Waals surface area contributed by atoms with E-state index >= 15 is 0 Å². The Morgan fingerprint density at radius 1 is 0.850 bits per heavy atom. The van der Waals surface area contributed by atoms with Gasteiger partial charge in [-0.3, -0.25) is 4.48 Å². The van der Waals surface area contributed by atoms with Gasteiger partial charge in [-0.05, 0) is 23.3 Å². The van der Waals surface area contributed by atoms with Crippen molar-refractivity contribution in [3.05, 3.63) is 70.8 Å². The average molecular weight is 266 g/mol. The van der Waals surface area contributed by atoms with Gasteiger partial charge in [0, 0.05) is 24.0 Å². The van der Waals surface area contributed by atoms with Crippen LogP contribution in [0, 0.1) is 0 Å².